The largest absolute Gasteiger partial charge is 0.385 e. The average Bonchev–Trinajstić information content (AvgIpc) is 2.53. The van der Waals surface area contributed by atoms with Gasteiger partial charge in [0.1, 0.15) is 12.1 Å². The standard InChI is InChI=1S/C15H12N5/c16-20-12-6-7-14-13(8-12)15(19-10-18-14)17-9-11-4-2-1-3-5-11/h1-8,10H,9H2,(H,17,18,19)/q+1. The van der Waals surface area contributed by atoms with Gasteiger partial charge < -0.3 is 5.32 Å². The number of hydrogen-bond donors (Lipinski definition) is 1. The van der Waals surface area contributed by atoms with Gasteiger partial charge in [-0.2, -0.15) is 0 Å². The highest BCUT2D eigenvalue weighted by atomic mass is 15.0. The topological polar surface area (TPSA) is 66.0 Å². The van der Waals surface area contributed by atoms with Crippen molar-refractivity contribution in [2.24, 2.45) is 0 Å². The summed E-state index contributed by atoms with van der Waals surface area (Å²) in [6.07, 6.45) is 1.52. The Morgan fingerprint density at radius 2 is 1.90 bits per heavy atom. The van der Waals surface area contributed by atoms with Crippen LogP contribution in [0.25, 0.3) is 15.9 Å². The van der Waals surface area contributed by atoms with Crippen LogP contribution in [0.15, 0.2) is 54.9 Å². The maximum Gasteiger partial charge on any atom is 0.385 e. The summed E-state index contributed by atoms with van der Waals surface area (Å²) in [5.74, 6) is 0.726. The van der Waals surface area contributed by atoms with Gasteiger partial charge in [-0.25, -0.2) is 9.97 Å². The summed E-state index contributed by atoms with van der Waals surface area (Å²) in [4.78, 5) is 11.6. The van der Waals surface area contributed by atoms with Gasteiger partial charge in [-0.05, 0) is 11.6 Å². The van der Waals surface area contributed by atoms with E-state index in [2.05, 4.69) is 20.3 Å². The molecule has 2 aromatic carbocycles. The van der Waals surface area contributed by atoms with Gasteiger partial charge in [0.25, 0.3) is 0 Å². The number of diazo groups is 1. The third kappa shape index (κ3) is 2.40. The number of hydrogen-bond acceptors (Lipinski definition) is 4. The zero-order valence-corrected chi connectivity index (χ0v) is 10.7. The van der Waals surface area contributed by atoms with E-state index < -0.39 is 0 Å². The zero-order valence-electron chi connectivity index (χ0n) is 10.7. The van der Waals surface area contributed by atoms with E-state index >= 15 is 0 Å². The molecule has 1 aromatic heterocycles. The zero-order chi connectivity index (χ0) is 13.8. The normalized spacial score (nSPS) is 10.2. The highest BCUT2D eigenvalue weighted by Crippen LogP contribution is 2.24. The summed E-state index contributed by atoms with van der Waals surface area (Å²) in [6.45, 7) is 0.674. The van der Waals surface area contributed by atoms with Gasteiger partial charge in [-0.3, -0.25) is 0 Å². The molecule has 0 spiro atoms. The van der Waals surface area contributed by atoms with Crippen LogP contribution >= 0.6 is 0 Å². The summed E-state index contributed by atoms with van der Waals surface area (Å²) in [5.41, 5.74) is 2.46. The fourth-order valence-corrected chi connectivity index (χ4v) is 2.03. The molecule has 3 aromatic rings. The Bertz CT molecular complexity index is 777. The number of rotatable bonds is 3. The minimum Gasteiger partial charge on any atom is -0.365 e. The van der Waals surface area contributed by atoms with Crippen LogP contribution in [0.5, 0.6) is 0 Å². The van der Waals surface area contributed by atoms with E-state index in [1.807, 2.05) is 30.3 Å². The second-order valence-corrected chi connectivity index (χ2v) is 4.36. The first-order chi connectivity index (χ1) is 9.86. The van der Waals surface area contributed by atoms with Crippen LogP contribution in [0.2, 0.25) is 0 Å². The highest BCUT2D eigenvalue weighted by Gasteiger charge is 2.10. The van der Waals surface area contributed by atoms with Crippen molar-refractivity contribution in [2.45, 2.75) is 6.54 Å². The first-order valence-electron chi connectivity index (χ1n) is 6.24. The molecule has 0 saturated carbocycles. The molecular formula is C15H12N5+. The fourth-order valence-electron chi connectivity index (χ4n) is 2.03. The van der Waals surface area contributed by atoms with Gasteiger partial charge in [0.2, 0.25) is 5.39 Å². The molecular weight excluding hydrogens is 250 g/mol. The fraction of sp³-hybridized carbons (Fsp3) is 0.0667. The summed E-state index contributed by atoms with van der Waals surface area (Å²) < 4.78 is 0. The summed E-state index contributed by atoms with van der Waals surface area (Å²) in [5, 5.41) is 13.0. The second-order valence-electron chi connectivity index (χ2n) is 4.36. The lowest BCUT2D eigenvalue weighted by atomic mass is 10.2. The van der Waals surface area contributed by atoms with Crippen LogP contribution in [0.4, 0.5) is 11.5 Å². The SMILES string of the molecule is N#[N+]c1ccc2ncnc(NCc3ccccc3)c2c1. The average molecular weight is 262 g/mol. The molecule has 0 aliphatic carbocycles. The first-order valence-corrected chi connectivity index (χ1v) is 6.24. The Kier molecular flexibility index (Phi) is 3.21. The maximum atomic E-state index is 8.86. The highest BCUT2D eigenvalue weighted by molar-refractivity contribution is 5.91. The molecule has 96 valence electrons. The summed E-state index contributed by atoms with van der Waals surface area (Å²) >= 11 is 0. The number of fused-ring (bicyclic) bond motifs is 1. The van der Waals surface area contributed by atoms with E-state index in [1.54, 1.807) is 18.2 Å². The summed E-state index contributed by atoms with van der Waals surface area (Å²) in [7, 11) is 0. The second kappa shape index (κ2) is 5.33. The monoisotopic (exact) mass is 262 g/mol. The van der Waals surface area contributed by atoms with Crippen molar-refractivity contribution >= 4 is 22.4 Å². The first kappa shape index (κ1) is 12.1. The lowest BCUT2D eigenvalue weighted by Gasteiger charge is -2.07. The Morgan fingerprint density at radius 1 is 1.05 bits per heavy atom. The molecule has 0 unspecified atom stereocenters. The van der Waals surface area contributed by atoms with Gasteiger partial charge in [0, 0.05) is 18.7 Å². The minimum atomic E-state index is 0.482. The van der Waals surface area contributed by atoms with Crippen molar-refractivity contribution in [1.82, 2.24) is 9.97 Å². The number of aromatic nitrogens is 2. The van der Waals surface area contributed by atoms with Crippen molar-refractivity contribution in [3.63, 3.8) is 0 Å². The smallest absolute Gasteiger partial charge is 0.365 e. The molecule has 0 aliphatic rings. The number of nitrogens with zero attached hydrogens (tertiary/aromatic N) is 4. The molecule has 3 rings (SSSR count). The molecule has 0 bridgehead atoms. The third-order valence-corrected chi connectivity index (χ3v) is 3.04. The third-order valence-electron chi connectivity index (χ3n) is 3.04. The Morgan fingerprint density at radius 3 is 2.70 bits per heavy atom. The molecule has 20 heavy (non-hydrogen) atoms. The molecule has 0 aliphatic heterocycles. The van der Waals surface area contributed by atoms with Crippen molar-refractivity contribution in [1.29, 1.82) is 5.39 Å². The Hall–Kier alpha value is -3.00. The van der Waals surface area contributed by atoms with E-state index in [0.29, 0.717) is 12.2 Å². The molecule has 0 radical (unpaired) electrons. The maximum absolute atomic E-state index is 8.86. The van der Waals surface area contributed by atoms with Gasteiger partial charge in [0.15, 0.2) is 4.98 Å². The van der Waals surface area contributed by atoms with E-state index in [-0.39, 0.29) is 0 Å². The van der Waals surface area contributed by atoms with Gasteiger partial charge in [0.05, 0.1) is 10.9 Å². The number of nitrogens with one attached hydrogen (secondary N) is 1. The van der Waals surface area contributed by atoms with Crippen molar-refractivity contribution in [3.8, 4) is 0 Å². The van der Waals surface area contributed by atoms with E-state index in [1.165, 1.54) is 11.9 Å². The summed E-state index contributed by atoms with van der Waals surface area (Å²) in [6, 6.07) is 15.3. The minimum absolute atomic E-state index is 0.482. The van der Waals surface area contributed by atoms with Crippen molar-refractivity contribution < 1.29 is 0 Å². The molecule has 0 atom stereocenters. The molecule has 0 saturated heterocycles. The quantitative estimate of drug-likeness (QED) is 0.730. The molecule has 1 heterocycles. The van der Waals surface area contributed by atoms with Gasteiger partial charge in [-0.15, -0.1) is 0 Å². The Labute approximate surface area is 115 Å². The molecule has 0 amide bonds. The van der Waals surface area contributed by atoms with Crippen LogP contribution in [0.3, 0.4) is 0 Å². The van der Waals surface area contributed by atoms with E-state index in [0.717, 1.165) is 16.7 Å². The van der Waals surface area contributed by atoms with Crippen LogP contribution in [-0.2, 0) is 6.54 Å². The molecule has 1 N–H and O–H groups in total. The molecule has 5 heteroatoms. The van der Waals surface area contributed by atoms with Crippen molar-refractivity contribution in [2.75, 3.05) is 5.32 Å². The predicted molar refractivity (Wildman–Crippen MR) is 78.1 cm³/mol. The molecule has 5 nitrogen and oxygen atoms in total. The van der Waals surface area contributed by atoms with Crippen LogP contribution in [0.1, 0.15) is 5.56 Å². The van der Waals surface area contributed by atoms with E-state index in [9.17, 15) is 0 Å². The van der Waals surface area contributed by atoms with E-state index in [4.69, 9.17) is 5.39 Å². The predicted octanol–water partition coefficient (Wildman–Crippen LogP) is 3.73. The van der Waals surface area contributed by atoms with Crippen molar-refractivity contribution in [3.05, 3.63) is 65.4 Å². The number of benzene rings is 2. The molecule has 0 fully saturated rings. The van der Waals surface area contributed by atoms with Gasteiger partial charge >= 0.3 is 5.69 Å². The van der Waals surface area contributed by atoms with Gasteiger partial charge in [-0.1, -0.05) is 30.3 Å². The lowest BCUT2D eigenvalue weighted by Crippen LogP contribution is -2.02. The number of anilines is 1. The van der Waals surface area contributed by atoms with Crippen LogP contribution in [0, 0.1) is 5.39 Å². The Balaban J connectivity index is 1.93. The van der Waals surface area contributed by atoms with Crippen LogP contribution in [-0.4, -0.2) is 9.97 Å². The lowest BCUT2D eigenvalue weighted by molar-refractivity contribution is 1.10. The van der Waals surface area contributed by atoms with Crippen LogP contribution < -0.4 is 5.32 Å².